The normalized spacial score (nSPS) is 22.9. The lowest BCUT2D eigenvalue weighted by Crippen LogP contribution is -2.70. The standard InChI is InChI=1S/C26H31NO5SSi/c1-25(2,3)34(22-15-9-5-10-16-22,23-17-11-6-12-18-23)32-20-26(21-13-7-4-8-14-21)24(28)19-31-33(29,30)27-26/h4-18,24,27-28H,19-20H2,1-3H3/t24-,26-/m0/s1. The van der Waals surface area contributed by atoms with Crippen LogP contribution in [0.1, 0.15) is 26.3 Å². The highest BCUT2D eigenvalue weighted by Gasteiger charge is 2.54. The molecule has 34 heavy (non-hydrogen) atoms. The third kappa shape index (κ3) is 4.49. The Morgan fingerprint density at radius 2 is 1.41 bits per heavy atom. The first kappa shape index (κ1) is 24.8. The van der Waals surface area contributed by atoms with Crippen LogP contribution in [0.5, 0.6) is 0 Å². The van der Waals surface area contributed by atoms with Gasteiger partial charge in [0.1, 0.15) is 11.6 Å². The van der Waals surface area contributed by atoms with E-state index < -0.39 is 30.3 Å². The smallest absolute Gasteiger partial charge is 0.336 e. The van der Waals surface area contributed by atoms with Crippen molar-refractivity contribution in [3.8, 4) is 0 Å². The molecule has 2 atom stereocenters. The van der Waals surface area contributed by atoms with Crippen molar-refractivity contribution in [3.63, 3.8) is 0 Å². The molecule has 1 heterocycles. The molecule has 6 nitrogen and oxygen atoms in total. The van der Waals surface area contributed by atoms with Crippen molar-refractivity contribution in [2.45, 2.75) is 37.5 Å². The second-order valence-corrected chi connectivity index (χ2v) is 15.3. The molecule has 4 rings (SSSR count). The maximum absolute atomic E-state index is 12.6. The molecule has 0 amide bonds. The largest absolute Gasteiger partial charge is 0.405 e. The average molecular weight is 498 g/mol. The van der Waals surface area contributed by atoms with Gasteiger partial charge in [-0.1, -0.05) is 112 Å². The van der Waals surface area contributed by atoms with E-state index in [-0.39, 0.29) is 18.3 Å². The lowest BCUT2D eigenvalue weighted by atomic mass is 9.86. The lowest BCUT2D eigenvalue weighted by molar-refractivity contribution is -0.0143. The van der Waals surface area contributed by atoms with Crippen LogP contribution in [-0.2, 0) is 24.5 Å². The van der Waals surface area contributed by atoms with Gasteiger partial charge in [-0.25, -0.2) is 0 Å². The zero-order chi connectivity index (χ0) is 24.5. The fourth-order valence-corrected chi connectivity index (χ4v) is 10.5. The monoisotopic (exact) mass is 497 g/mol. The van der Waals surface area contributed by atoms with Crippen molar-refractivity contribution in [2.24, 2.45) is 0 Å². The summed E-state index contributed by atoms with van der Waals surface area (Å²) in [6.07, 6.45) is -1.14. The second kappa shape index (κ2) is 9.37. The SMILES string of the molecule is CC(C)(C)[Si](OC[C@@]1(c2ccccc2)NS(=O)(=O)OC[C@@H]1O)(c1ccccc1)c1ccccc1. The first-order chi connectivity index (χ1) is 16.1. The predicted molar refractivity (Wildman–Crippen MR) is 136 cm³/mol. The van der Waals surface area contributed by atoms with Gasteiger partial charge in [-0.15, -0.1) is 0 Å². The number of hydrogen-bond acceptors (Lipinski definition) is 5. The molecule has 1 aliphatic rings. The average Bonchev–Trinajstić information content (AvgIpc) is 2.82. The Bertz CT molecular complexity index is 1160. The van der Waals surface area contributed by atoms with Gasteiger partial charge >= 0.3 is 10.3 Å². The molecule has 3 aromatic rings. The number of aliphatic hydroxyl groups excluding tert-OH is 1. The van der Waals surface area contributed by atoms with Crippen LogP contribution in [0.25, 0.3) is 0 Å². The molecule has 0 spiro atoms. The van der Waals surface area contributed by atoms with Gasteiger partial charge in [-0.3, -0.25) is 4.18 Å². The van der Waals surface area contributed by atoms with Crippen LogP contribution in [0.3, 0.4) is 0 Å². The Morgan fingerprint density at radius 1 is 0.941 bits per heavy atom. The Hall–Kier alpha value is -2.33. The number of nitrogens with one attached hydrogen (secondary N) is 1. The molecule has 3 aromatic carbocycles. The zero-order valence-electron chi connectivity index (χ0n) is 19.6. The van der Waals surface area contributed by atoms with Gasteiger partial charge in [0.05, 0.1) is 13.2 Å². The minimum absolute atomic E-state index is 0.0615. The first-order valence-electron chi connectivity index (χ1n) is 11.3. The summed E-state index contributed by atoms with van der Waals surface area (Å²) >= 11 is 0. The third-order valence-corrected chi connectivity index (χ3v) is 12.5. The first-order valence-corrected chi connectivity index (χ1v) is 14.6. The Morgan fingerprint density at radius 3 is 1.88 bits per heavy atom. The molecule has 0 aliphatic carbocycles. The van der Waals surface area contributed by atoms with E-state index in [0.29, 0.717) is 5.56 Å². The van der Waals surface area contributed by atoms with Crippen molar-refractivity contribution < 1.29 is 22.1 Å². The Labute approximate surface area is 203 Å². The Balaban J connectivity index is 1.89. The van der Waals surface area contributed by atoms with Crippen LogP contribution >= 0.6 is 0 Å². The third-order valence-electron chi connectivity index (χ3n) is 6.48. The highest BCUT2D eigenvalue weighted by Crippen LogP contribution is 2.39. The summed E-state index contributed by atoms with van der Waals surface area (Å²) in [5.74, 6) is 0. The van der Waals surface area contributed by atoms with Gasteiger partial charge in [0.15, 0.2) is 0 Å². The van der Waals surface area contributed by atoms with E-state index in [1.54, 1.807) is 12.1 Å². The molecule has 0 unspecified atom stereocenters. The van der Waals surface area contributed by atoms with Crippen LogP contribution in [-0.4, -0.2) is 41.2 Å². The number of aliphatic hydroxyl groups is 1. The predicted octanol–water partition coefficient (Wildman–Crippen LogP) is 2.68. The summed E-state index contributed by atoms with van der Waals surface area (Å²) in [7, 11) is -7.05. The van der Waals surface area contributed by atoms with Gasteiger partial charge in [-0.2, -0.15) is 13.1 Å². The van der Waals surface area contributed by atoms with E-state index in [4.69, 9.17) is 8.61 Å². The molecule has 1 saturated heterocycles. The highest BCUT2D eigenvalue weighted by molar-refractivity contribution is 7.84. The fraction of sp³-hybridized carbons (Fsp3) is 0.308. The molecule has 0 bridgehead atoms. The topological polar surface area (TPSA) is 84.9 Å². The molecule has 2 N–H and O–H groups in total. The van der Waals surface area contributed by atoms with E-state index in [9.17, 15) is 13.5 Å². The number of hydrogen-bond donors (Lipinski definition) is 2. The summed E-state index contributed by atoms with van der Waals surface area (Å²) in [6, 6.07) is 29.3. The lowest BCUT2D eigenvalue weighted by Gasteiger charge is -2.47. The molecule has 0 saturated carbocycles. The van der Waals surface area contributed by atoms with E-state index in [1.807, 2.05) is 54.6 Å². The second-order valence-electron chi connectivity index (χ2n) is 9.65. The molecule has 1 aliphatic heterocycles. The van der Waals surface area contributed by atoms with Gasteiger partial charge in [0.2, 0.25) is 0 Å². The minimum Gasteiger partial charge on any atom is -0.405 e. The van der Waals surface area contributed by atoms with Crippen molar-refractivity contribution in [3.05, 3.63) is 96.6 Å². The van der Waals surface area contributed by atoms with E-state index >= 15 is 0 Å². The van der Waals surface area contributed by atoms with Crippen molar-refractivity contribution in [2.75, 3.05) is 13.2 Å². The maximum Gasteiger partial charge on any atom is 0.336 e. The quantitative estimate of drug-likeness (QED) is 0.512. The van der Waals surface area contributed by atoms with Crippen molar-refractivity contribution in [1.82, 2.24) is 4.72 Å². The number of benzene rings is 3. The van der Waals surface area contributed by atoms with Crippen LogP contribution < -0.4 is 15.1 Å². The molecule has 1 fully saturated rings. The summed E-state index contributed by atoms with van der Waals surface area (Å²) in [6.45, 7) is 6.04. The molecule has 0 radical (unpaired) electrons. The minimum atomic E-state index is -4.08. The van der Waals surface area contributed by atoms with Gasteiger partial charge in [0, 0.05) is 0 Å². The summed E-state index contributed by atoms with van der Waals surface area (Å²) in [5, 5.41) is 13.0. The van der Waals surface area contributed by atoms with Crippen LogP contribution in [0.15, 0.2) is 91.0 Å². The van der Waals surface area contributed by atoms with Crippen LogP contribution in [0.4, 0.5) is 0 Å². The molecule has 8 heteroatoms. The zero-order valence-corrected chi connectivity index (χ0v) is 21.5. The highest BCUT2D eigenvalue weighted by atomic mass is 32.2. The summed E-state index contributed by atoms with van der Waals surface area (Å²) in [4.78, 5) is 0. The molecular weight excluding hydrogens is 466 g/mol. The van der Waals surface area contributed by atoms with E-state index in [0.717, 1.165) is 10.4 Å². The van der Waals surface area contributed by atoms with Crippen LogP contribution in [0, 0.1) is 0 Å². The summed E-state index contributed by atoms with van der Waals surface area (Å²) < 4.78 is 39.6. The van der Waals surface area contributed by atoms with Gasteiger partial charge in [-0.05, 0) is 21.0 Å². The number of rotatable bonds is 6. The summed E-state index contributed by atoms with van der Waals surface area (Å²) in [5.41, 5.74) is -0.780. The molecular formula is C26H31NO5SSi. The van der Waals surface area contributed by atoms with E-state index in [1.165, 1.54) is 0 Å². The van der Waals surface area contributed by atoms with Crippen LogP contribution in [0.2, 0.25) is 5.04 Å². The maximum atomic E-state index is 12.6. The Kier molecular flexibility index (Phi) is 6.83. The van der Waals surface area contributed by atoms with Crippen molar-refractivity contribution in [1.29, 1.82) is 0 Å². The van der Waals surface area contributed by atoms with Gasteiger partial charge < -0.3 is 9.53 Å². The molecule has 180 valence electrons. The van der Waals surface area contributed by atoms with Crippen molar-refractivity contribution >= 4 is 29.0 Å². The molecule has 0 aromatic heterocycles. The van der Waals surface area contributed by atoms with Gasteiger partial charge in [0.25, 0.3) is 8.32 Å². The fourth-order valence-electron chi connectivity index (χ4n) is 4.80. The van der Waals surface area contributed by atoms with E-state index in [2.05, 4.69) is 49.8 Å².